The number of fused-ring (bicyclic) bond motifs is 2. The Morgan fingerprint density at radius 3 is 1.53 bits per heavy atom. The zero-order valence-electron chi connectivity index (χ0n) is 36.6. The molecule has 0 unspecified atom stereocenters. The van der Waals surface area contributed by atoms with Gasteiger partial charge in [-0.1, -0.05) is 70.1 Å². The monoisotopic (exact) mass is 1030 g/mol. The Morgan fingerprint density at radius 1 is 0.556 bits per heavy atom. The Balaban J connectivity index is 0.867. The summed E-state index contributed by atoms with van der Waals surface area (Å²) in [6, 6.07) is 25.0. The lowest BCUT2D eigenvalue weighted by atomic mass is 10.1. The summed E-state index contributed by atoms with van der Waals surface area (Å²) in [4.78, 5) is 68.9. The van der Waals surface area contributed by atoms with Gasteiger partial charge in [-0.05, 0) is 65.4 Å². The van der Waals surface area contributed by atoms with Gasteiger partial charge in [0.15, 0.2) is 11.5 Å². The third kappa shape index (κ3) is 11.9. The number of carboxylic acid groups (broad SMARTS) is 2. The highest BCUT2D eigenvalue weighted by Crippen LogP contribution is 2.43. The number of azo groups is 2. The lowest BCUT2D eigenvalue weighted by Crippen LogP contribution is -2.19. The van der Waals surface area contributed by atoms with Gasteiger partial charge >= 0.3 is 23.3 Å². The number of aromatic amines is 2. The fourth-order valence-electron chi connectivity index (χ4n) is 6.82. The number of anilines is 6. The van der Waals surface area contributed by atoms with Crippen molar-refractivity contribution in [3.8, 4) is 11.5 Å². The van der Waals surface area contributed by atoms with E-state index in [2.05, 4.69) is 71.6 Å². The predicted molar refractivity (Wildman–Crippen MR) is 270 cm³/mol. The molecule has 2 heterocycles. The molecule has 72 heavy (non-hydrogen) atoms. The van der Waals surface area contributed by atoms with Gasteiger partial charge in [0.05, 0.1) is 27.4 Å². The molecule has 0 atom stereocenters. The Bertz CT molecular complexity index is 3710. The van der Waals surface area contributed by atoms with Crippen molar-refractivity contribution < 1.29 is 43.0 Å². The van der Waals surface area contributed by atoms with Crippen molar-refractivity contribution >= 4 is 123 Å². The van der Waals surface area contributed by atoms with Gasteiger partial charge in [0, 0.05) is 35.4 Å². The molecular formula is C44H36N14O11S3. The first-order chi connectivity index (χ1) is 34.6. The van der Waals surface area contributed by atoms with E-state index in [1.54, 1.807) is 42.5 Å². The number of carboxylic acids is 2. The molecule has 0 aliphatic carbocycles. The minimum atomic E-state index is -4.77. The number of carbonyl (C=O) groups is 2. The van der Waals surface area contributed by atoms with Crippen molar-refractivity contribution in [2.75, 3.05) is 45.9 Å². The van der Waals surface area contributed by atoms with Crippen molar-refractivity contribution in [1.82, 2.24) is 29.9 Å². The van der Waals surface area contributed by atoms with Crippen LogP contribution in [0.5, 0.6) is 11.5 Å². The molecule has 0 saturated heterocycles. The van der Waals surface area contributed by atoms with Crippen LogP contribution in [0.1, 0.15) is 20.7 Å². The van der Waals surface area contributed by atoms with E-state index in [1.807, 2.05) is 0 Å². The Morgan fingerprint density at radius 2 is 1.01 bits per heavy atom. The van der Waals surface area contributed by atoms with E-state index in [0.717, 1.165) is 12.1 Å². The van der Waals surface area contributed by atoms with Crippen LogP contribution in [-0.2, 0) is 10.1 Å². The number of rotatable bonds is 20. The van der Waals surface area contributed by atoms with Crippen LogP contribution in [0.25, 0.3) is 21.5 Å². The van der Waals surface area contributed by atoms with Crippen LogP contribution in [0.4, 0.5) is 57.9 Å². The van der Waals surface area contributed by atoms with Gasteiger partial charge < -0.3 is 41.7 Å². The molecule has 8 rings (SSSR count). The summed E-state index contributed by atoms with van der Waals surface area (Å²) < 4.78 is 34.3. The van der Waals surface area contributed by atoms with E-state index in [0.29, 0.717) is 41.1 Å². The van der Waals surface area contributed by atoms with Crippen LogP contribution < -0.4 is 32.6 Å². The van der Waals surface area contributed by atoms with Crippen LogP contribution in [0, 0.1) is 0 Å². The summed E-state index contributed by atoms with van der Waals surface area (Å²) in [5.74, 6) is -2.19. The summed E-state index contributed by atoms with van der Waals surface area (Å²) in [6.45, 7) is 0.673. The molecule has 25 nitrogen and oxygen atoms in total. The summed E-state index contributed by atoms with van der Waals surface area (Å²) in [5, 5.41) is 70.6. The minimum absolute atomic E-state index is 0.00301. The highest BCUT2D eigenvalue weighted by molar-refractivity contribution is 8.76. The second-order valence-electron chi connectivity index (χ2n) is 14.8. The lowest BCUT2D eigenvalue weighted by Gasteiger charge is -2.14. The topological polar surface area (TPSA) is 384 Å². The predicted octanol–water partition coefficient (Wildman–Crippen LogP) is 8.23. The van der Waals surface area contributed by atoms with Crippen molar-refractivity contribution in [1.29, 1.82) is 0 Å². The number of nitrogens with zero attached hydrogens (tertiary/aromatic N) is 8. The molecule has 0 radical (unpaired) electrons. The number of nitrogens with one attached hydrogen (secondary N) is 6. The Labute approximate surface area is 412 Å². The molecule has 366 valence electrons. The molecule has 8 aromatic rings. The van der Waals surface area contributed by atoms with Crippen LogP contribution >= 0.6 is 21.6 Å². The molecule has 6 aromatic carbocycles. The van der Waals surface area contributed by atoms with Crippen LogP contribution in [-0.4, -0.2) is 99.8 Å². The number of hydrogen-bond donors (Lipinski definition) is 11. The maximum atomic E-state index is 12.6. The van der Waals surface area contributed by atoms with Gasteiger partial charge in [-0.15, -0.1) is 20.5 Å². The number of H-pyrrole nitrogens is 2. The number of phenolic OH excluding ortho intramolecular Hbond substituents is 2. The third-order valence-electron chi connectivity index (χ3n) is 9.99. The van der Waals surface area contributed by atoms with Gasteiger partial charge in [-0.25, -0.2) is 19.2 Å². The quantitative estimate of drug-likeness (QED) is 0.0148. The second kappa shape index (κ2) is 21.8. The van der Waals surface area contributed by atoms with Crippen LogP contribution in [0.3, 0.4) is 0 Å². The third-order valence-corrected chi connectivity index (χ3v) is 13.2. The average Bonchev–Trinajstić information content (AvgIpc) is 3.34. The molecule has 11 N–H and O–H groups in total. The number of phenols is 2. The molecule has 0 spiro atoms. The summed E-state index contributed by atoms with van der Waals surface area (Å²) >= 11 is 0. The maximum absolute atomic E-state index is 12.6. The maximum Gasteiger partial charge on any atom is 0.373 e. The SMILES string of the molecule is O=C(O)c1ccccc1/N=N/c1ccc2cccc(Nc3nc(=O)nc(NCCSSCCNc4nc(=O)nc(Nc5cc(S(=O)(=O)O)cc6ccc(/N=N/c7ccccc7C(=O)O)c(O)c56)[nH]4)[nH]3)c2c1O. The van der Waals surface area contributed by atoms with Crippen molar-refractivity contribution in [3.05, 3.63) is 135 Å². The average molecular weight is 1030 g/mol. The fourth-order valence-corrected chi connectivity index (χ4v) is 9.18. The number of aromatic nitrogens is 6. The number of benzene rings is 6. The largest absolute Gasteiger partial charge is 0.505 e. The summed E-state index contributed by atoms with van der Waals surface area (Å²) in [6.07, 6.45) is 0. The highest BCUT2D eigenvalue weighted by Gasteiger charge is 2.20. The molecule has 0 aliphatic rings. The fraction of sp³-hybridized carbons (Fsp3) is 0.0909. The smallest absolute Gasteiger partial charge is 0.373 e. The first-order valence-electron chi connectivity index (χ1n) is 20.8. The summed E-state index contributed by atoms with van der Waals surface area (Å²) in [7, 11) is -1.81. The van der Waals surface area contributed by atoms with Crippen molar-refractivity contribution in [3.63, 3.8) is 0 Å². The molecule has 0 saturated carbocycles. The Kier molecular flexibility index (Phi) is 14.9. The normalized spacial score (nSPS) is 11.6. The number of hydrogen-bond acceptors (Lipinski definition) is 22. The molecule has 0 amide bonds. The molecule has 0 bridgehead atoms. The highest BCUT2D eigenvalue weighted by atomic mass is 33.1. The molecule has 0 aliphatic heterocycles. The Hall–Kier alpha value is -8.99. The van der Waals surface area contributed by atoms with E-state index in [1.165, 1.54) is 70.1 Å². The van der Waals surface area contributed by atoms with Gasteiger partial charge in [-0.3, -0.25) is 14.5 Å². The van der Waals surface area contributed by atoms with E-state index >= 15 is 0 Å². The van der Waals surface area contributed by atoms with E-state index < -0.39 is 44.1 Å². The number of aromatic hydroxyl groups is 2. The van der Waals surface area contributed by atoms with Gasteiger partial charge in [0.25, 0.3) is 10.1 Å². The van der Waals surface area contributed by atoms with E-state index in [4.69, 9.17) is 0 Å². The zero-order chi connectivity index (χ0) is 50.9. The minimum Gasteiger partial charge on any atom is -0.505 e. The van der Waals surface area contributed by atoms with Crippen LogP contribution in [0.15, 0.2) is 138 Å². The van der Waals surface area contributed by atoms with Gasteiger partial charge in [-0.2, -0.15) is 28.4 Å². The molecular weight excluding hydrogens is 997 g/mol. The first kappa shape index (κ1) is 49.4. The lowest BCUT2D eigenvalue weighted by molar-refractivity contribution is 0.0687. The standard InChI is InChI=1S/C44H36N14O11S3/c59-35-30(57-55-27-9-3-1-7-25(27)37(61)62)14-12-22-6-5-11-29(33(22)35)47-41-49-39(51-43(65)53-41)45-16-18-70-71-19-17-46-40-50-42(54-44(66)52-40)48-32-21-24(72(67,68)69)20-23-13-15-31(36(60)34(23)32)58-56-28-10-4-2-8-26(28)38(63)64/h1-15,20-21,59-60H,16-19H2,(H,61,62)(H,63,64)(H,67,68,69)(H3,45,47,49,51,53,65)(H3,46,48,50,52,54,66)/b57-55+,58-56+. The van der Waals surface area contributed by atoms with Crippen molar-refractivity contribution in [2.45, 2.75) is 4.90 Å². The van der Waals surface area contributed by atoms with Gasteiger partial charge in [0.1, 0.15) is 22.7 Å². The van der Waals surface area contributed by atoms with Crippen LogP contribution in [0.2, 0.25) is 0 Å². The summed E-state index contributed by atoms with van der Waals surface area (Å²) in [5.41, 5.74) is -1.63. The van der Waals surface area contributed by atoms with Crippen molar-refractivity contribution in [2.24, 2.45) is 20.5 Å². The van der Waals surface area contributed by atoms with E-state index in [9.17, 15) is 52.6 Å². The molecule has 28 heteroatoms. The first-order valence-corrected chi connectivity index (χ1v) is 24.8. The molecule has 0 fully saturated rings. The van der Waals surface area contributed by atoms with E-state index in [-0.39, 0.29) is 79.9 Å². The zero-order valence-corrected chi connectivity index (χ0v) is 39.1. The number of aromatic carboxylic acids is 2. The van der Waals surface area contributed by atoms with Gasteiger partial charge in [0.2, 0.25) is 23.8 Å². The molecule has 2 aromatic heterocycles. The second-order valence-corrected chi connectivity index (χ2v) is 18.9.